The van der Waals surface area contributed by atoms with Crippen molar-refractivity contribution < 1.29 is 14.3 Å². The van der Waals surface area contributed by atoms with Crippen LogP contribution in [0.1, 0.15) is 29.7 Å². The molecular weight excluding hydrogens is 376 g/mol. The average Bonchev–Trinajstić information content (AvgIpc) is 2.77. The lowest BCUT2D eigenvalue weighted by Gasteiger charge is -2.34. The Hall–Kier alpha value is -3.60. The van der Waals surface area contributed by atoms with Crippen LogP contribution in [0.2, 0.25) is 0 Å². The van der Waals surface area contributed by atoms with Gasteiger partial charge in [-0.2, -0.15) is 0 Å². The number of nitrogens with one attached hydrogen (secondary N) is 1. The third kappa shape index (κ3) is 4.06. The van der Waals surface area contributed by atoms with E-state index in [0.717, 1.165) is 16.7 Å². The van der Waals surface area contributed by atoms with Crippen LogP contribution in [0.3, 0.4) is 0 Å². The molecule has 5 heteroatoms. The summed E-state index contributed by atoms with van der Waals surface area (Å²) in [4.78, 5) is 27.0. The van der Waals surface area contributed by atoms with E-state index in [9.17, 15) is 9.59 Å². The molecule has 0 radical (unpaired) electrons. The Morgan fingerprint density at radius 2 is 1.57 bits per heavy atom. The van der Waals surface area contributed by atoms with Gasteiger partial charge in [0.05, 0.1) is 18.3 Å². The average molecular weight is 400 g/mol. The molecule has 3 aromatic rings. The van der Waals surface area contributed by atoms with Crippen LogP contribution in [-0.4, -0.2) is 24.5 Å². The molecule has 0 bridgehead atoms. The van der Waals surface area contributed by atoms with Crippen molar-refractivity contribution in [3.63, 3.8) is 0 Å². The molecule has 2 amide bonds. The summed E-state index contributed by atoms with van der Waals surface area (Å²) in [7, 11) is 0. The number of aryl methyl sites for hydroxylation is 1. The molecule has 4 rings (SSSR count). The highest BCUT2D eigenvalue weighted by Crippen LogP contribution is 2.33. The van der Waals surface area contributed by atoms with Crippen LogP contribution >= 0.6 is 0 Å². The Kier molecular flexibility index (Phi) is 5.53. The van der Waals surface area contributed by atoms with Crippen molar-refractivity contribution in [2.45, 2.75) is 26.0 Å². The number of carbonyl (C=O) groups is 2. The molecule has 0 fully saturated rings. The van der Waals surface area contributed by atoms with E-state index in [1.807, 2.05) is 79.7 Å². The van der Waals surface area contributed by atoms with E-state index in [4.69, 9.17) is 4.74 Å². The van der Waals surface area contributed by atoms with E-state index in [0.29, 0.717) is 11.4 Å². The molecule has 0 aliphatic carbocycles. The van der Waals surface area contributed by atoms with Gasteiger partial charge in [-0.3, -0.25) is 9.59 Å². The van der Waals surface area contributed by atoms with Gasteiger partial charge in [0.1, 0.15) is 5.75 Å². The summed E-state index contributed by atoms with van der Waals surface area (Å²) >= 11 is 0. The van der Waals surface area contributed by atoms with Crippen molar-refractivity contribution in [1.29, 1.82) is 0 Å². The van der Waals surface area contributed by atoms with E-state index in [1.165, 1.54) is 6.92 Å². The first kappa shape index (κ1) is 19.7. The standard InChI is InChI=1S/C25H24N2O3/c1-17-12-14-20(15-13-17)24(19-8-4-3-5-9-19)26-25(29)23-16-27(18(2)28)21-10-6-7-11-22(21)30-23/h3-15,23-24H,16H2,1-2H3,(H,26,29). The van der Waals surface area contributed by atoms with Gasteiger partial charge in [-0.15, -0.1) is 0 Å². The maximum atomic E-state index is 13.2. The van der Waals surface area contributed by atoms with Gasteiger partial charge in [-0.25, -0.2) is 0 Å². The maximum Gasteiger partial charge on any atom is 0.263 e. The van der Waals surface area contributed by atoms with E-state index in [-0.39, 0.29) is 24.4 Å². The molecule has 152 valence electrons. The molecule has 0 saturated carbocycles. The Morgan fingerprint density at radius 1 is 0.933 bits per heavy atom. The lowest BCUT2D eigenvalue weighted by Crippen LogP contribution is -2.51. The van der Waals surface area contributed by atoms with Gasteiger partial charge < -0.3 is 15.0 Å². The highest BCUT2D eigenvalue weighted by atomic mass is 16.5. The number of amides is 2. The SMILES string of the molecule is CC(=O)N1CC(C(=O)NC(c2ccccc2)c2ccc(C)cc2)Oc2ccccc21. The fourth-order valence-corrected chi connectivity index (χ4v) is 3.67. The summed E-state index contributed by atoms with van der Waals surface area (Å²) in [5, 5.41) is 3.13. The summed E-state index contributed by atoms with van der Waals surface area (Å²) < 4.78 is 5.96. The predicted molar refractivity (Wildman–Crippen MR) is 116 cm³/mol. The minimum Gasteiger partial charge on any atom is -0.477 e. The van der Waals surface area contributed by atoms with Crippen LogP contribution < -0.4 is 15.0 Å². The van der Waals surface area contributed by atoms with Gasteiger partial charge in [-0.05, 0) is 30.2 Å². The molecule has 0 aromatic heterocycles. The maximum absolute atomic E-state index is 13.2. The van der Waals surface area contributed by atoms with Gasteiger partial charge in [0.25, 0.3) is 5.91 Å². The third-order valence-electron chi connectivity index (χ3n) is 5.28. The highest BCUT2D eigenvalue weighted by molar-refractivity contribution is 5.96. The second-order valence-corrected chi connectivity index (χ2v) is 7.47. The first-order valence-corrected chi connectivity index (χ1v) is 9.98. The summed E-state index contributed by atoms with van der Waals surface area (Å²) in [5.74, 6) is 0.151. The van der Waals surface area contributed by atoms with E-state index in [2.05, 4.69) is 5.32 Å². The molecule has 2 unspecified atom stereocenters. The van der Waals surface area contributed by atoms with Gasteiger partial charge >= 0.3 is 0 Å². The molecule has 2 atom stereocenters. The highest BCUT2D eigenvalue weighted by Gasteiger charge is 2.33. The molecule has 1 aliphatic heterocycles. The largest absolute Gasteiger partial charge is 0.477 e. The number of hydrogen-bond donors (Lipinski definition) is 1. The molecule has 0 spiro atoms. The van der Waals surface area contributed by atoms with Crippen LogP contribution in [0.5, 0.6) is 5.75 Å². The first-order chi connectivity index (χ1) is 14.5. The summed E-state index contributed by atoms with van der Waals surface area (Å²) in [6.45, 7) is 3.70. The lowest BCUT2D eigenvalue weighted by molar-refractivity contribution is -0.128. The first-order valence-electron chi connectivity index (χ1n) is 9.98. The van der Waals surface area contributed by atoms with Crippen molar-refractivity contribution in [3.8, 4) is 5.75 Å². The van der Waals surface area contributed by atoms with Crippen LogP contribution in [-0.2, 0) is 9.59 Å². The van der Waals surface area contributed by atoms with E-state index < -0.39 is 6.10 Å². The minimum atomic E-state index is -0.791. The van der Waals surface area contributed by atoms with Crippen molar-refractivity contribution in [2.75, 3.05) is 11.4 Å². The minimum absolute atomic E-state index is 0.123. The Balaban J connectivity index is 1.61. The normalized spacial score (nSPS) is 16.2. The zero-order valence-corrected chi connectivity index (χ0v) is 17.0. The number of benzene rings is 3. The fraction of sp³-hybridized carbons (Fsp3) is 0.200. The second kappa shape index (κ2) is 8.41. The molecule has 3 aromatic carbocycles. The topological polar surface area (TPSA) is 58.6 Å². The van der Waals surface area contributed by atoms with Crippen LogP contribution in [0, 0.1) is 6.92 Å². The Morgan fingerprint density at radius 3 is 2.27 bits per heavy atom. The Labute approximate surface area is 176 Å². The number of carbonyl (C=O) groups excluding carboxylic acids is 2. The number of para-hydroxylation sites is 2. The monoisotopic (exact) mass is 400 g/mol. The number of nitrogens with zero attached hydrogens (tertiary/aromatic N) is 1. The molecular formula is C25H24N2O3. The zero-order chi connectivity index (χ0) is 21.1. The lowest BCUT2D eigenvalue weighted by atomic mass is 9.97. The second-order valence-electron chi connectivity index (χ2n) is 7.47. The van der Waals surface area contributed by atoms with Crippen LogP contribution in [0.25, 0.3) is 0 Å². The van der Waals surface area contributed by atoms with Gasteiger partial charge in [-0.1, -0.05) is 72.3 Å². The van der Waals surface area contributed by atoms with Crippen molar-refractivity contribution in [1.82, 2.24) is 5.32 Å². The zero-order valence-electron chi connectivity index (χ0n) is 17.0. The van der Waals surface area contributed by atoms with E-state index >= 15 is 0 Å². The number of hydrogen-bond acceptors (Lipinski definition) is 3. The fourth-order valence-electron chi connectivity index (χ4n) is 3.67. The number of rotatable bonds is 4. The third-order valence-corrected chi connectivity index (χ3v) is 5.28. The molecule has 0 saturated heterocycles. The van der Waals surface area contributed by atoms with Crippen molar-refractivity contribution in [2.24, 2.45) is 0 Å². The van der Waals surface area contributed by atoms with E-state index in [1.54, 1.807) is 11.0 Å². The number of ether oxygens (including phenoxy) is 1. The van der Waals surface area contributed by atoms with Crippen molar-refractivity contribution >= 4 is 17.5 Å². The Bertz CT molecular complexity index is 1050. The van der Waals surface area contributed by atoms with Crippen molar-refractivity contribution in [3.05, 3.63) is 95.6 Å². The smallest absolute Gasteiger partial charge is 0.263 e. The molecule has 1 N–H and O–H groups in total. The summed E-state index contributed by atoms with van der Waals surface area (Å²) in [6, 6.07) is 24.9. The number of fused-ring (bicyclic) bond motifs is 1. The number of anilines is 1. The van der Waals surface area contributed by atoms with Gasteiger partial charge in [0, 0.05) is 6.92 Å². The quantitative estimate of drug-likeness (QED) is 0.720. The van der Waals surface area contributed by atoms with Crippen LogP contribution in [0.4, 0.5) is 5.69 Å². The molecule has 1 aliphatic rings. The summed E-state index contributed by atoms with van der Waals surface area (Å²) in [6.07, 6.45) is -0.791. The van der Waals surface area contributed by atoms with Gasteiger partial charge in [0.15, 0.2) is 6.10 Å². The molecule has 5 nitrogen and oxygen atoms in total. The summed E-state index contributed by atoms with van der Waals surface area (Å²) in [5.41, 5.74) is 3.81. The molecule has 1 heterocycles. The molecule has 30 heavy (non-hydrogen) atoms. The predicted octanol–water partition coefficient (Wildman–Crippen LogP) is 4.01. The van der Waals surface area contributed by atoms with Crippen LogP contribution in [0.15, 0.2) is 78.9 Å². The van der Waals surface area contributed by atoms with Gasteiger partial charge in [0.2, 0.25) is 5.91 Å².